The monoisotopic (exact) mass is 230 g/mol. The first kappa shape index (κ1) is 12.8. The van der Waals surface area contributed by atoms with Crippen molar-refractivity contribution < 1.29 is 4.79 Å². The van der Waals surface area contributed by atoms with Crippen LogP contribution in [0.25, 0.3) is 0 Å². The third kappa shape index (κ3) is 4.03. The lowest BCUT2D eigenvalue weighted by molar-refractivity contribution is -0.124. The van der Waals surface area contributed by atoms with Gasteiger partial charge in [-0.2, -0.15) is 11.8 Å². The molecule has 0 bridgehead atoms. The molecule has 0 aromatic heterocycles. The SMILES string of the molecule is CC(CCN)C(=O)NCC1(C)CCCS1. The van der Waals surface area contributed by atoms with Crippen molar-refractivity contribution in [3.63, 3.8) is 0 Å². The number of rotatable bonds is 5. The number of hydrogen-bond donors (Lipinski definition) is 2. The van der Waals surface area contributed by atoms with Crippen LogP contribution in [0, 0.1) is 5.92 Å². The van der Waals surface area contributed by atoms with Crippen LogP contribution in [-0.4, -0.2) is 29.5 Å². The Labute approximate surface area is 96.6 Å². The van der Waals surface area contributed by atoms with Crippen LogP contribution in [-0.2, 0) is 4.79 Å². The number of thioether (sulfide) groups is 1. The highest BCUT2D eigenvalue weighted by Gasteiger charge is 2.30. The smallest absolute Gasteiger partial charge is 0.222 e. The van der Waals surface area contributed by atoms with E-state index in [1.54, 1.807) is 0 Å². The summed E-state index contributed by atoms with van der Waals surface area (Å²) in [4.78, 5) is 11.7. The molecule has 1 rings (SSSR count). The molecule has 0 aliphatic carbocycles. The van der Waals surface area contributed by atoms with Gasteiger partial charge in [0, 0.05) is 17.2 Å². The van der Waals surface area contributed by atoms with Crippen LogP contribution in [0.2, 0.25) is 0 Å². The van der Waals surface area contributed by atoms with Crippen LogP contribution in [0.3, 0.4) is 0 Å². The highest BCUT2D eigenvalue weighted by molar-refractivity contribution is 8.00. The van der Waals surface area contributed by atoms with Gasteiger partial charge in [-0.05, 0) is 38.5 Å². The predicted octanol–water partition coefficient (Wildman–Crippen LogP) is 1.37. The second-order valence-electron chi connectivity index (χ2n) is 4.60. The van der Waals surface area contributed by atoms with E-state index in [1.807, 2.05) is 18.7 Å². The van der Waals surface area contributed by atoms with Gasteiger partial charge < -0.3 is 11.1 Å². The quantitative estimate of drug-likeness (QED) is 0.750. The summed E-state index contributed by atoms with van der Waals surface area (Å²) in [5, 5.41) is 3.03. The first-order valence-electron chi connectivity index (χ1n) is 5.69. The van der Waals surface area contributed by atoms with E-state index in [0.717, 1.165) is 13.0 Å². The molecule has 1 saturated heterocycles. The van der Waals surface area contributed by atoms with Gasteiger partial charge in [-0.15, -0.1) is 0 Å². The van der Waals surface area contributed by atoms with Crippen molar-refractivity contribution in [2.75, 3.05) is 18.8 Å². The van der Waals surface area contributed by atoms with Gasteiger partial charge >= 0.3 is 0 Å². The fraction of sp³-hybridized carbons (Fsp3) is 0.909. The molecule has 15 heavy (non-hydrogen) atoms. The zero-order chi connectivity index (χ0) is 11.3. The minimum Gasteiger partial charge on any atom is -0.354 e. The Morgan fingerprint density at radius 1 is 1.67 bits per heavy atom. The van der Waals surface area contributed by atoms with Crippen molar-refractivity contribution in [2.24, 2.45) is 11.7 Å². The highest BCUT2D eigenvalue weighted by atomic mass is 32.2. The number of nitrogens with two attached hydrogens (primary N) is 1. The van der Waals surface area contributed by atoms with E-state index in [4.69, 9.17) is 5.73 Å². The summed E-state index contributed by atoms with van der Waals surface area (Å²) in [6.07, 6.45) is 3.26. The molecule has 2 unspecified atom stereocenters. The van der Waals surface area contributed by atoms with Crippen molar-refractivity contribution in [1.29, 1.82) is 0 Å². The van der Waals surface area contributed by atoms with Crippen LogP contribution in [0.1, 0.15) is 33.1 Å². The van der Waals surface area contributed by atoms with Crippen molar-refractivity contribution in [2.45, 2.75) is 37.9 Å². The molecule has 3 N–H and O–H groups in total. The second kappa shape index (κ2) is 5.75. The lowest BCUT2D eigenvalue weighted by atomic mass is 10.0. The van der Waals surface area contributed by atoms with Gasteiger partial charge in [0.25, 0.3) is 0 Å². The zero-order valence-electron chi connectivity index (χ0n) is 9.71. The van der Waals surface area contributed by atoms with E-state index >= 15 is 0 Å². The fourth-order valence-corrected chi connectivity index (χ4v) is 3.05. The molecule has 3 nitrogen and oxygen atoms in total. The second-order valence-corrected chi connectivity index (χ2v) is 6.28. The van der Waals surface area contributed by atoms with Gasteiger partial charge in [0.1, 0.15) is 0 Å². The Balaban J connectivity index is 2.26. The molecular formula is C11H22N2OS. The Bertz CT molecular complexity index is 215. The van der Waals surface area contributed by atoms with E-state index < -0.39 is 0 Å². The summed E-state index contributed by atoms with van der Waals surface area (Å²) in [5.41, 5.74) is 5.43. The lowest BCUT2D eigenvalue weighted by Crippen LogP contribution is -2.39. The van der Waals surface area contributed by atoms with Crippen LogP contribution < -0.4 is 11.1 Å². The van der Waals surface area contributed by atoms with Crippen molar-refractivity contribution >= 4 is 17.7 Å². The Kier molecular flexibility index (Phi) is 4.93. The van der Waals surface area contributed by atoms with E-state index in [2.05, 4.69) is 12.2 Å². The number of carbonyl (C=O) groups is 1. The van der Waals surface area contributed by atoms with Gasteiger partial charge in [0.2, 0.25) is 5.91 Å². The van der Waals surface area contributed by atoms with Crippen LogP contribution in [0.4, 0.5) is 0 Å². The van der Waals surface area contributed by atoms with Gasteiger partial charge in [-0.25, -0.2) is 0 Å². The van der Waals surface area contributed by atoms with Crippen molar-refractivity contribution in [3.8, 4) is 0 Å². The minimum atomic E-state index is 0.0463. The van der Waals surface area contributed by atoms with Crippen LogP contribution >= 0.6 is 11.8 Å². The molecule has 4 heteroatoms. The van der Waals surface area contributed by atoms with E-state index in [-0.39, 0.29) is 16.6 Å². The molecule has 0 saturated carbocycles. The molecule has 0 aromatic rings. The average Bonchev–Trinajstić information content (AvgIpc) is 2.63. The van der Waals surface area contributed by atoms with Gasteiger partial charge in [-0.3, -0.25) is 4.79 Å². The lowest BCUT2D eigenvalue weighted by Gasteiger charge is -2.23. The topological polar surface area (TPSA) is 55.1 Å². The summed E-state index contributed by atoms with van der Waals surface area (Å²) in [6, 6.07) is 0. The molecule has 2 atom stereocenters. The maximum Gasteiger partial charge on any atom is 0.222 e. The maximum atomic E-state index is 11.7. The van der Waals surface area contributed by atoms with Crippen LogP contribution in [0.5, 0.6) is 0 Å². The third-order valence-corrected chi connectivity index (χ3v) is 4.52. The number of carbonyl (C=O) groups excluding carboxylic acids is 1. The minimum absolute atomic E-state index is 0.0463. The molecule has 88 valence electrons. The van der Waals surface area contributed by atoms with Crippen LogP contribution in [0.15, 0.2) is 0 Å². The molecule has 1 aliphatic rings. The molecule has 0 aromatic carbocycles. The van der Waals surface area contributed by atoms with E-state index in [9.17, 15) is 4.79 Å². The summed E-state index contributed by atoms with van der Waals surface area (Å²) < 4.78 is 0.262. The molecule has 0 spiro atoms. The van der Waals surface area contributed by atoms with E-state index in [0.29, 0.717) is 6.54 Å². The van der Waals surface area contributed by atoms with Crippen molar-refractivity contribution in [3.05, 3.63) is 0 Å². The molecule has 1 fully saturated rings. The Morgan fingerprint density at radius 2 is 2.40 bits per heavy atom. The Morgan fingerprint density at radius 3 is 2.93 bits per heavy atom. The standard InChI is InChI=1S/C11H22N2OS/c1-9(4-6-12)10(14)13-8-11(2)5-3-7-15-11/h9H,3-8,12H2,1-2H3,(H,13,14). The third-order valence-electron chi connectivity index (χ3n) is 2.98. The molecule has 1 heterocycles. The Hall–Kier alpha value is -0.220. The number of hydrogen-bond acceptors (Lipinski definition) is 3. The molecular weight excluding hydrogens is 208 g/mol. The van der Waals surface area contributed by atoms with Crippen molar-refractivity contribution in [1.82, 2.24) is 5.32 Å². The van der Waals surface area contributed by atoms with E-state index in [1.165, 1.54) is 18.6 Å². The summed E-state index contributed by atoms with van der Waals surface area (Å²) in [6.45, 7) is 5.55. The fourth-order valence-electron chi connectivity index (χ4n) is 1.81. The first-order chi connectivity index (χ1) is 7.07. The van der Waals surface area contributed by atoms with Gasteiger partial charge in [-0.1, -0.05) is 6.92 Å². The first-order valence-corrected chi connectivity index (χ1v) is 6.68. The van der Waals surface area contributed by atoms with Gasteiger partial charge in [0.05, 0.1) is 0 Å². The number of nitrogens with one attached hydrogen (secondary N) is 1. The summed E-state index contributed by atoms with van der Waals surface area (Å²) in [5.74, 6) is 1.42. The average molecular weight is 230 g/mol. The maximum absolute atomic E-state index is 11.7. The van der Waals surface area contributed by atoms with Gasteiger partial charge in [0.15, 0.2) is 0 Å². The zero-order valence-corrected chi connectivity index (χ0v) is 10.5. The summed E-state index contributed by atoms with van der Waals surface area (Å²) in [7, 11) is 0. The molecule has 1 aliphatic heterocycles. The largest absolute Gasteiger partial charge is 0.354 e. The highest BCUT2D eigenvalue weighted by Crippen LogP contribution is 2.36. The molecule has 1 amide bonds. The normalized spacial score (nSPS) is 27.7. The predicted molar refractivity (Wildman–Crippen MR) is 65.9 cm³/mol. The summed E-state index contributed by atoms with van der Waals surface area (Å²) >= 11 is 1.97. The number of amides is 1. The molecule has 0 radical (unpaired) electrons.